The number of hydrogen-bond acceptors (Lipinski definition) is 6. The van der Waals surface area contributed by atoms with Gasteiger partial charge in [0.2, 0.25) is 5.91 Å². The molecule has 0 bridgehead atoms. The van der Waals surface area contributed by atoms with Crippen LogP contribution in [0.5, 0.6) is 11.5 Å². The van der Waals surface area contributed by atoms with Crippen LogP contribution >= 0.6 is 11.8 Å². The van der Waals surface area contributed by atoms with E-state index in [-0.39, 0.29) is 29.6 Å². The van der Waals surface area contributed by atoms with Gasteiger partial charge in [0.05, 0.1) is 17.3 Å². The van der Waals surface area contributed by atoms with Crippen LogP contribution in [0.25, 0.3) is 0 Å². The van der Waals surface area contributed by atoms with E-state index < -0.39 is 16.8 Å². The van der Waals surface area contributed by atoms with E-state index in [1.807, 2.05) is 0 Å². The number of ether oxygens (including phenoxy) is 2. The highest BCUT2D eigenvalue weighted by Crippen LogP contribution is 2.29. The minimum Gasteiger partial charge on any atom is -0.493 e. The van der Waals surface area contributed by atoms with Crippen molar-refractivity contribution in [1.29, 1.82) is 0 Å². The first-order valence-corrected chi connectivity index (χ1v) is 8.98. The Balaban J connectivity index is 1.92. The second-order valence-corrected chi connectivity index (χ2v) is 7.01. The molecule has 0 aliphatic rings. The average molecular weight is 412 g/mol. The van der Waals surface area contributed by atoms with Crippen LogP contribution < -0.4 is 14.8 Å². The number of non-ortho nitro benzene ring substituents is 1. The van der Waals surface area contributed by atoms with E-state index in [1.165, 1.54) is 43.1 Å². The third kappa shape index (κ3) is 6.08. The summed E-state index contributed by atoms with van der Waals surface area (Å²) < 4.78 is 34.1. The predicted molar refractivity (Wildman–Crippen MR) is 99.9 cm³/mol. The number of nitrogens with zero attached hydrogens (tertiary/aromatic N) is 1. The Bertz CT molecular complexity index is 833. The smallest absolute Gasteiger partial charge is 0.387 e. The summed E-state index contributed by atoms with van der Waals surface area (Å²) in [5.41, 5.74) is 0.633. The number of rotatable bonds is 9. The highest BCUT2D eigenvalue weighted by Gasteiger charge is 2.16. The quantitative estimate of drug-likeness (QED) is 0.380. The molecule has 2 aromatic rings. The number of carbonyl (C=O) groups is 1. The van der Waals surface area contributed by atoms with Crippen molar-refractivity contribution in [2.75, 3.05) is 7.11 Å². The Morgan fingerprint density at radius 3 is 2.46 bits per heavy atom. The van der Waals surface area contributed by atoms with Crippen LogP contribution in [0.4, 0.5) is 14.5 Å². The monoisotopic (exact) mass is 412 g/mol. The molecule has 1 unspecified atom stereocenters. The van der Waals surface area contributed by atoms with Crippen LogP contribution in [0.3, 0.4) is 0 Å². The zero-order valence-electron chi connectivity index (χ0n) is 15.1. The van der Waals surface area contributed by atoms with Crippen molar-refractivity contribution in [3.8, 4) is 11.5 Å². The number of carbonyl (C=O) groups excluding carboxylic acids is 1. The zero-order chi connectivity index (χ0) is 20.7. The number of halogens is 2. The third-order valence-electron chi connectivity index (χ3n) is 3.64. The van der Waals surface area contributed by atoms with Gasteiger partial charge in [0, 0.05) is 23.6 Å². The van der Waals surface area contributed by atoms with E-state index in [2.05, 4.69) is 10.1 Å². The zero-order valence-corrected chi connectivity index (χ0v) is 15.9. The number of methoxy groups -OCH3 is 1. The molecule has 0 saturated carbocycles. The van der Waals surface area contributed by atoms with E-state index in [9.17, 15) is 23.7 Å². The first-order chi connectivity index (χ1) is 13.3. The second kappa shape index (κ2) is 9.88. The molecule has 0 heterocycles. The first kappa shape index (κ1) is 21.4. The molecule has 2 aromatic carbocycles. The Morgan fingerprint density at radius 2 is 1.89 bits per heavy atom. The molecule has 0 radical (unpaired) electrons. The molecule has 0 aromatic heterocycles. The highest BCUT2D eigenvalue weighted by atomic mass is 32.2. The highest BCUT2D eigenvalue weighted by molar-refractivity contribution is 8.00. The molecule has 0 aliphatic heterocycles. The van der Waals surface area contributed by atoms with Gasteiger partial charge in [-0.05, 0) is 36.8 Å². The summed E-state index contributed by atoms with van der Waals surface area (Å²) in [5, 5.41) is 13.0. The third-order valence-corrected chi connectivity index (χ3v) is 4.75. The lowest BCUT2D eigenvalue weighted by Gasteiger charge is -2.14. The van der Waals surface area contributed by atoms with E-state index in [0.717, 1.165) is 4.90 Å². The van der Waals surface area contributed by atoms with Crippen LogP contribution in [0.2, 0.25) is 0 Å². The summed E-state index contributed by atoms with van der Waals surface area (Å²) in [5.74, 6) is -0.190. The molecule has 1 N–H and O–H groups in total. The van der Waals surface area contributed by atoms with E-state index in [0.29, 0.717) is 5.56 Å². The van der Waals surface area contributed by atoms with Crippen LogP contribution in [-0.2, 0) is 11.3 Å². The number of benzene rings is 2. The molecular weight excluding hydrogens is 394 g/mol. The van der Waals surface area contributed by atoms with Gasteiger partial charge in [0.15, 0.2) is 11.5 Å². The lowest BCUT2D eigenvalue weighted by Crippen LogP contribution is -2.30. The van der Waals surface area contributed by atoms with Crippen molar-refractivity contribution >= 4 is 23.4 Å². The number of hydrogen-bond donors (Lipinski definition) is 1. The van der Waals surface area contributed by atoms with Gasteiger partial charge in [-0.2, -0.15) is 8.78 Å². The summed E-state index contributed by atoms with van der Waals surface area (Å²) in [6, 6.07) is 10.3. The second-order valence-electron chi connectivity index (χ2n) is 5.59. The maximum Gasteiger partial charge on any atom is 0.387 e. The standard InChI is InChI=1S/C18H18F2N2O5S/c1-11(28-14-6-4-13(5-7-14)22(24)25)17(23)21-10-12-3-8-15(27-18(19)20)16(9-12)26-2/h3-9,11,18H,10H2,1-2H3,(H,21,23). The lowest BCUT2D eigenvalue weighted by molar-refractivity contribution is -0.384. The van der Waals surface area contributed by atoms with Gasteiger partial charge in [-0.1, -0.05) is 6.07 Å². The summed E-state index contributed by atoms with van der Waals surface area (Å²) in [7, 11) is 1.33. The molecule has 28 heavy (non-hydrogen) atoms. The maximum absolute atomic E-state index is 12.4. The fourth-order valence-electron chi connectivity index (χ4n) is 2.25. The molecule has 1 amide bonds. The van der Waals surface area contributed by atoms with Crippen molar-refractivity contribution in [2.45, 2.75) is 30.2 Å². The van der Waals surface area contributed by atoms with Crippen molar-refractivity contribution in [3.63, 3.8) is 0 Å². The SMILES string of the molecule is COc1cc(CNC(=O)C(C)Sc2ccc([N+](=O)[O-])cc2)ccc1OC(F)F. The molecule has 10 heteroatoms. The fraction of sp³-hybridized carbons (Fsp3) is 0.278. The van der Waals surface area contributed by atoms with E-state index in [1.54, 1.807) is 25.1 Å². The predicted octanol–water partition coefficient (Wildman–Crippen LogP) is 4.00. The van der Waals surface area contributed by atoms with Crippen molar-refractivity contribution in [1.82, 2.24) is 5.32 Å². The summed E-state index contributed by atoms with van der Waals surface area (Å²) >= 11 is 1.26. The van der Waals surface area contributed by atoms with Crippen LogP contribution in [0, 0.1) is 10.1 Å². The Hall–Kier alpha value is -2.88. The molecule has 150 valence electrons. The van der Waals surface area contributed by atoms with Crippen molar-refractivity contribution in [2.24, 2.45) is 0 Å². The summed E-state index contributed by atoms with van der Waals surface area (Å²) in [6.45, 7) is -1.08. The van der Waals surface area contributed by atoms with Crippen LogP contribution in [-0.4, -0.2) is 29.8 Å². The normalized spacial score (nSPS) is 11.8. The van der Waals surface area contributed by atoms with Crippen LogP contribution in [0.1, 0.15) is 12.5 Å². The molecule has 0 fully saturated rings. The number of nitrogens with one attached hydrogen (secondary N) is 1. The van der Waals surface area contributed by atoms with E-state index >= 15 is 0 Å². The van der Waals surface area contributed by atoms with Crippen LogP contribution in [0.15, 0.2) is 47.4 Å². The molecule has 1 atom stereocenters. The number of nitro groups is 1. The Morgan fingerprint density at radius 1 is 1.21 bits per heavy atom. The maximum atomic E-state index is 12.4. The van der Waals surface area contributed by atoms with Gasteiger partial charge in [0.1, 0.15) is 0 Å². The summed E-state index contributed by atoms with van der Waals surface area (Å²) in [6.07, 6.45) is 0. The van der Waals surface area contributed by atoms with Crippen molar-refractivity contribution in [3.05, 3.63) is 58.1 Å². The minimum atomic E-state index is -2.96. The lowest BCUT2D eigenvalue weighted by atomic mass is 10.2. The van der Waals surface area contributed by atoms with Gasteiger partial charge >= 0.3 is 6.61 Å². The van der Waals surface area contributed by atoms with E-state index in [4.69, 9.17) is 4.74 Å². The molecular formula is C18H18F2N2O5S. The van der Waals surface area contributed by atoms with Gasteiger partial charge in [0.25, 0.3) is 5.69 Å². The molecule has 0 aliphatic carbocycles. The fourth-order valence-corrected chi connectivity index (χ4v) is 3.14. The molecule has 0 saturated heterocycles. The Kier molecular flexibility index (Phi) is 7.56. The van der Waals surface area contributed by atoms with Crippen molar-refractivity contribution < 1.29 is 28.0 Å². The number of amides is 1. The van der Waals surface area contributed by atoms with Gasteiger partial charge in [-0.25, -0.2) is 0 Å². The number of thioether (sulfide) groups is 1. The average Bonchev–Trinajstić information content (AvgIpc) is 2.66. The van der Waals surface area contributed by atoms with Gasteiger partial charge < -0.3 is 14.8 Å². The van der Waals surface area contributed by atoms with Gasteiger partial charge in [-0.3, -0.25) is 14.9 Å². The topological polar surface area (TPSA) is 90.7 Å². The van der Waals surface area contributed by atoms with Gasteiger partial charge in [-0.15, -0.1) is 11.8 Å². The number of nitro benzene ring substituents is 1. The first-order valence-electron chi connectivity index (χ1n) is 8.10. The molecule has 7 nitrogen and oxygen atoms in total. The molecule has 0 spiro atoms. The molecule has 2 rings (SSSR count). The largest absolute Gasteiger partial charge is 0.493 e. The Labute approximate surface area is 164 Å². The minimum absolute atomic E-state index is 0.0188. The summed E-state index contributed by atoms with van der Waals surface area (Å²) in [4.78, 5) is 23.2. The number of alkyl halides is 2.